The van der Waals surface area contributed by atoms with Gasteiger partial charge in [-0.3, -0.25) is 4.68 Å². The summed E-state index contributed by atoms with van der Waals surface area (Å²) >= 11 is 0. The lowest BCUT2D eigenvalue weighted by Crippen LogP contribution is -2.13. The van der Waals surface area contributed by atoms with Gasteiger partial charge in [-0.05, 0) is 6.92 Å². The highest BCUT2D eigenvalue weighted by Gasteiger charge is 2.00. The molecule has 0 amide bonds. The van der Waals surface area contributed by atoms with Crippen LogP contribution in [0.1, 0.15) is 5.69 Å². The molecule has 4 heteroatoms. The predicted octanol–water partition coefficient (Wildman–Crippen LogP) is 0.0991. The van der Waals surface area contributed by atoms with Gasteiger partial charge in [-0.1, -0.05) is 0 Å². The highest BCUT2D eigenvalue weighted by Crippen LogP contribution is 2.10. The first-order valence-electron chi connectivity index (χ1n) is 3.68. The molecule has 0 atom stereocenters. The second kappa shape index (κ2) is 3.39. The van der Waals surface area contributed by atoms with Gasteiger partial charge in [0.25, 0.3) is 0 Å². The first kappa shape index (κ1) is 8.07. The van der Waals surface area contributed by atoms with Crippen LogP contribution >= 0.6 is 0 Å². The van der Waals surface area contributed by atoms with E-state index in [0.717, 1.165) is 17.9 Å². The maximum Gasteiger partial charge on any atom is 0.0756 e. The van der Waals surface area contributed by atoms with Crippen molar-refractivity contribution in [3.8, 4) is 0 Å². The molecule has 0 radical (unpaired) electrons. The number of hydrogen-bond donors (Lipinski definition) is 2. The fraction of sp³-hybridized carbons (Fsp3) is 0.571. The van der Waals surface area contributed by atoms with E-state index in [0.29, 0.717) is 6.54 Å². The summed E-state index contributed by atoms with van der Waals surface area (Å²) in [6, 6.07) is 0. The molecule has 0 aromatic carbocycles. The predicted molar refractivity (Wildman–Crippen MR) is 45.5 cm³/mol. The molecule has 1 rings (SSSR count). The third kappa shape index (κ3) is 1.71. The molecule has 62 valence electrons. The molecule has 11 heavy (non-hydrogen) atoms. The van der Waals surface area contributed by atoms with E-state index in [1.54, 1.807) is 0 Å². The summed E-state index contributed by atoms with van der Waals surface area (Å²) in [5, 5.41) is 7.26. The first-order chi connectivity index (χ1) is 5.25. The van der Waals surface area contributed by atoms with E-state index < -0.39 is 0 Å². The highest BCUT2D eigenvalue weighted by atomic mass is 15.3. The van der Waals surface area contributed by atoms with E-state index >= 15 is 0 Å². The Hall–Kier alpha value is -1.03. The minimum atomic E-state index is 0.647. The average molecular weight is 154 g/mol. The molecule has 1 aromatic heterocycles. The van der Waals surface area contributed by atoms with Gasteiger partial charge in [0.15, 0.2) is 0 Å². The number of aryl methyl sites for hydroxylation is 1. The van der Waals surface area contributed by atoms with Crippen molar-refractivity contribution >= 4 is 5.69 Å². The third-order valence-electron chi connectivity index (χ3n) is 1.70. The minimum absolute atomic E-state index is 0.647. The van der Waals surface area contributed by atoms with Crippen LogP contribution in [-0.2, 0) is 7.05 Å². The van der Waals surface area contributed by atoms with Crippen LogP contribution in [0, 0.1) is 6.92 Å². The Labute approximate surface area is 66.4 Å². The van der Waals surface area contributed by atoms with E-state index in [-0.39, 0.29) is 0 Å². The van der Waals surface area contributed by atoms with Crippen molar-refractivity contribution in [1.29, 1.82) is 0 Å². The first-order valence-corrected chi connectivity index (χ1v) is 3.68. The van der Waals surface area contributed by atoms with Crippen LogP contribution in [-0.4, -0.2) is 22.9 Å². The number of nitrogens with zero attached hydrogens (tertiary/aromatic N) is 2. The standard InChI is InChI=1S/C7H14N4/c1-6-7(9-4-3-8)5-10-11(6)2/h5,9H,3-4,8H2,1-2H3. The van der Waals surface area contributed by atoms with Crippen molar-refractivity contribution in [2.45, 2.75) is 6.92 Å². The summed E-state index contributed by atoms with van der Waals surface area (Å²) in [5.74, 6) is 0. The monoisotopic (exact) mass is 154 g/mol. The zero-order valence-electron chi connectivity index (χ0n) is 6.96. The maximum atomic E-state index is 5.34. The van der Waals surface area contributed by atoms with Gasteiger partial charge in [0.2, 0.25) is 0 Å². The van der Waals surface area contributed by atoms with Crippen molar-refractivity contribution in [1.82, 2.24) is 9.78 Å². The molecule has 1 heterocycles. The van der Waals surface area contributed by atoms with Gasteiger partial charge in [-0.2, -0.15) is 5.10 Å². The Morgan fingerprint density at radius 2 is 2.45 bits per heavy atom. The maximum absolute atomic E-state index is 5.34. The summed E-state index contributed by atoms with van der Waals surface area (Å²) < 4.78 is 1.83. The average Bonchev–Trinajstić information content (AvgIpc) is 2.31. The number of nitrogens with one attached hydrogen (secondary N) is 1. The molecular formula is C7H14N4. The summed E-state index contributed by atoms with van der Waals surface area (Å²) in [6.45, 7) is 3.46. The van der Waals surface area contributed by atoms with Gasteiger partial charge in [0.05, 0.1) is 17.6 Å². The van der Waals surface area contributed by atoms with Crippen molar-refractivity contribution in [2.75, 3.05) is 18.4 Å². The molecule has 0 aliphatic heterocycles. The van der Waals surface area contributed by atoms with Gasteiger partial charge in [0, 0.05) is 20.1 Å². The third-order valence-corrected chi connectivity index (χ3v) is 1.70. The summed E-state index contributed by atoms with van der Waals surface area (Å²) in [6.07, 6.45) is 1.81. The van der Waals surface area contributed by atoms with Crippen LogP contribution in [0.15, 0.2) is 6.20 Å². The van der Waals surface area contributed by atoms with Gasteiger partial charge < -0.3 is 11.1 Å². The molecule has 0 aliphatic carbocycles. The van der Waals surface area contributed by atoms with Gasteiger partial charge >= 0.3 is 0 Å². The van der Waals surface area contributed by atoms with Gasteiger partial charge in [-0.15, -0.1) is 0 Å². The second-order valence-electron chi connectivity index (χ2n) is 2.48. The van der Waals surface area contributed by atoms with Crippen LogP contribution in [0.4, 0.5) is 5.69 Å². The summed E-state index contributed by atoms with van der Waals surface area (Å²) in [4.78, 5) is 0. The fourth-order valence-corrected chi connectivity index (χ4v) is 0.879. The van der Waals surface area contributed by atoms with E-state index in [1.165, 1.54) is 0 Å². The van der Waals surface area contributed by atoms with Crippen LogP contribution in [0.2, 0.25) is 0 Å². The van der Waals surface area contributed by atoms with Crippen molar-refractivity contribution in [3.05, 3.63) is 11.9 Å². The van der Waals surface area contributed by atoms with Gasteiger partial charge in [0.1, 0.15) is 0 Å². The van der Waals surface area contributed by atoms with Crippen molar-refractivity contribution < 1.29 is 0 Å². The topological polar surface area (TPSA) is 55.9 Å². The molecule has 0 aliphatic rings. The molecule has 1 aromatic rings. The van der Waals surface area contributed by atoms with E-state index in [4.69, 9.17) is 5.73 Å². The molecule has 0 bridgehead atoms. The lowest BCUT2D eigenvalue weighted by Gasteiger charge is -2.02. The molecule has 4 nitrogen and oxygen atoms in total. The van der Waals surface area contributed by atoms with Crippen molar-refractivity contribution in [2.24, 2.45) is 12.8 Å². The van der Waals surface area contributed by atoms with Gasteiger partial charge in [-0.25, -0.2) is 0 Å². The highest BCUT2D eigenvalue weighted by molar-refractivity contribution is 5.45. The minimum Gasteiger partial charge on any atom is -0.381 e. The Morgan fingerprint density at radius 1 is 1.73 bits per heavy atom. The Morgan fingerprint density at radius 3 is 2.91 bits per heavy atom. The number of anilines is 1. The van der Waals surface area contributed by atoms with Crippen LogP contribution in [0.3, 0.4) is 0 Å². The quantitative estimate of drug-likeness (QED) is 0.649. The Bertz CT molecular complexity index is 228. The molecule has 3 N–H and O–H groups in total. The number of nitrogens with two attached hydrogens (primary N) is 1. The smallest absolute Gasteiger partial charge is 0.0756 e. The number of rotatable bonds is 3. The normalized spacial score (nSPS) is 10.1. The van der Waals surface area contributed by atoms with Crippen LogP contribution in [0.5, 0.6) is 0 Å². The molecule has 0 saturated heterocycles. The Balaban J connectivity index is 2.63. The summed E-state index contributed by atoms with van der Waals surface area (Å²) in [7, 11) is 1.92. The van der Waals surface area contributed by atoms with E-state index in [2.05, 4.69) is 10.4 Å². The lowest BCUT2D eigenvalue weighted by molar-refractivity contribution is 0.740. The zero-order valence-corrected chi connectivity index (χ0v) is 6.96. The Kier molecular flexibility index (Phi) is 2.48. The molecule has 0 spiro atoms. The SMILES string of the molecule is Cc1c(NCCN)cnn1C. The molecule has 0 saturated carbocycles. The largest absolute Gasteiger partial charge is 0.381 e. The number of aromatic nitrogens is 2. The van der Waals surface area contributed by atoms with Crippen LogP contribution in [0.25, 0.3) is 0 Å². The fourth-order valence-electron chi connectivity index (χ4n) is 0.879. The van der Waals surface area contributed by atoms with E-state index in [1.807, 2.05) is 24.9 Å². The van der Waals surface area contributed by atoms with Crippen LogP contribution < -0.4 is 11.1 Å². The zero-order chi connectivity index (χ0) is 8.27. The lowest BCUT2D eigenvalue weighted by atomic mass is 10.4. The summed E-state index contributed by atoms with van der Waals surface area (Å²) in [5.41, 5.74) is 7.55. The molecule has 0 unspecified atom stereocenters. The molecule has 0 fully saturated rings. The molecular weight excluding hydrogens is 140 g/mol. The van der Waals surface area contributed by atoms with Crippen molar-refractivity contribution in [3.63, 3.8) is 0 Å². The number of hydrogen-bond acceptors (Lipinski definition) is 3. The second-order valence-corrected chi connectivity index (χ2v) is 2.48. The van der Waals surface area contributed by atoms with E-state index in [9.17, 15) is 0 Å².